The second-order valence-electron chi connectivity index (χ2n) is 7.02. The highest BCUT2D eigenvalue weighted by atomic mass is 16.2. The van der Waals surface area contributed by atoms with E-state index in [4.69, 9.17) is 5.10 Å². The minimum Gasteiger partial charge on any atom is -0.273 e. The Balaban J connectivity index is 1.58. The number of benzene rings is 1. The Morgan fingerprint density at radius 1 is 1.07 bits per heavy atom. The predicted molar refractivity (Wildman–Crippen MR) is 109 cm³/mol. The number of hydrogen-bond acceptors (Lipinski definition) is 4. The number of pyridine rings is 1. The zero-order valence-corrected chi connectivity index (χ0v) is 15.7. The fourth-order valence-electron chi connectivity index (χ4n) is 3.55. The van der Waals surface area contributed by atoms with Crippen molar-refractivity contribution in [2.75, 3.05) is 0 Å². The Kier molecular flexibility index (Phi) is 5.56. The SMILES string of the molecule is O=C(N/N=C\c1cn(-c2ccccc2)nc1-c1ccncc1)C1CCCCC1. The van der Waals surface area contributed by atoms with Crippen LogP contribution in [0.3, 0.4) is 0 Å². The van der Waals surface area contributed by atoms with Crippen LogP contribution in [-0.4, -0.2) is 26.9 Å². The molecule has 1 aliphatic rings. The highest BCUT2D eigenvalue weighted by Crippen LogP contribution is 2.24. The quantitative estimate of drug-likeness (QED) is 0.543. The van der Waals surface area contributed by atoms with Crippen molar-refractivity contribution < 1.29 is 4.79 Å². The molecule has 0 atom stereocenters. The number of aromatic nitrogens is 3. The van der Waals surface area contributed by atoms with Crippen LogP contribution >= 0.6 is 0 Å². The smallest absolute Gasteiger partial charge is 0.243 e. The number of para-hydroxylation sites is 1. The number of carbonyl (C=O) groups excluding carboxylic acids is 1. The van der Waals surface area contributed by atoms with Gasteiger partial charge in [0.15, 0.2) is 0 Å². The van der Waals surface area contributed by atoms with Crippen LogP contribution in [0.5, 0.6) is 0 Å². The van der Waals surface area contributed by atoms with E-state index in [-0.39, 0.29) is 11.8 Å². The molecule has 4 rings (SSSR count). The van der Waals surface area contributed by atoms with E-state index in [1.54, 1.807) is 18.6 Å². The molecule has 2 heterocycles. The Morgan fingerprint density at radius 3 is 2.57 bits per heavy atom. The van der Waals surface area contributed by atoms with Crippen molar-refractivity contribution in [2.24, 2.45) is 11.0 Å². The van der Waals surface area contributed by atoms with Crippen molar-refractivity contribution in [1.82, 2.24) is 20.2 Å². The van der Waals surface area contributed by atoms with E-state index in [1.165, 1.54) is 6.42 Å². The first-order valence-corrected chi connectivity index (χ1v) is 9.69. The van der Waals surface area contributed by atoms with Gasteiger partial charge in [-0.05, 0) is 37.1 Å². The average molecular weight is 373 g/mol. The van der Waals surface area contributed by atoms with Crippen molar-refractivity contribution in [3.05, 3.63) is 66.6 Å². The van der Waals surface area contributed by atoms with Gasteiger partial charge in [-0.25, -0.2) is 10.1 Å². The summed E-state index contributed by atoms with van der Waals surface area (Å²) in [7, 11) is 0. The van der Waals surface area contributed by atoms with Crippen LogP contribution in [0, 0.1) is 5.92 Å². The molecule has 1 amide bonds. The van der Waals surface area contributed by atoms with Crippen molar-refractivity contribution in [1.29, 1.82) is 0 Å². The van der Waals surface area contributed by atoms with E-state index in [0.29, 0.717) is 0 Å². The number of nitrogens with zero attached hydrogens (tertiary/aromatic N) is 4. The van der Waals surface area contributed by atoms with Gasteiger partial charge in [-0.1, -0.05) is 37.5 Å². The molecular formula is C22H23N5O. The van der Waals surface area contributed by atoms with E-state index < -0.39 is 0 Å². The Bertz CT molecular complexity index is 944. The number of hydrazone groups is 1. The second kappa shape index (κ2) is 8.61. The van der Waals surface area contributed by atoms with Gasteiger partial charge in [0, 0.05) is 35.6 Å². The molecule has 6 heteroatoms. The van der Waals surface area contributed by atoms with Crippen LogP contribution < -0.4 is 5.43 Å². The molecule has 1 aliphatic carbocycles. The molecule has 1 N–H and O–H groups in total. The molecule has 2 aromatic heterocycles. The third-order valence-electron chi connectivity index (χ3n) is 5.07. The Labute approximate surface area is 164 Å². The van der Waals surface area contributed by atoms with Gasteiger partial charge in [-0.15, -0.1) is 0 Å². The molecule has 0 radical (unpaired) electrons. The van der Waals surface area contributed by atoms with E-state index in [1.807, 2.05) is 53.3 Å². The number of amides is 1. The van der Waals surface area contributed by atoms with Crippen molar-refractivity contribution in [3.8, 4) is 16.9 Å². The third kappa shape index (κ3) is 4.17. The van der Waals surface area contributed by atoms with Crippen molar-refractivity contribution in [3.63, 3.8) is 0 Å². The number of nitrogens with one attached hydrogen (secondary N) is 1. The Hall–Kier alpha value is -3.28. The molecule has 1 fully saturated rings. The summed E-state index contributed by atoms with van der Waals surface area (Å²) in [5.41, 5.74) is 6.25. The topological polar surface area (TPSA) is 72.2 Å². The lowest BCUT2D eigenvalue weighted by Crippen LogP contribution is -2.28. The highest BCUT2D eigenvalue weighted by Gasteiger charge is 2.20. The lowest BCUT2D eigenvalue weighted by molar-refractivity contribution is -0.125. The van der Waals surface area contributed by atoms with Gasteiger partial charge in [-0.3, -0.25) is 9.78 Å². The summed E-state index contributed by atoms with van der Waals surface area (Å²) in [6, 6.07) is 13.7. The standard InChI is InChI=1S/C22H23N5O/c28-22(18-7-3-1-4-8-18)25-24-15-19-16-27(20-9-5-2-6-10-20)26-21(19)17-11-13-23-14-12-17/h2,5-6,9-16,18H,1,3-4,7-8H2,(H,25,28)/b24-15-. The van der Waals surface area contributed by atoms with Gasteiger partial charge in [-0.2, -0.15) is 10.2 Å². The molecule has 1 aromatic carbocycles. The van der Waals surface area contributed by atoms with E-state index in [9.17, 15) is 4.79 Å². The largest absolute Gasteiger partial charge is 0.273 e. The zero-order valence-electron chi connectivity index (χ0n) is 15.7. The normalized spacial score (nSPS) is 15.0. The first-order valence-electron chi connectivity index (χ1n) is 9.69. The average Bonchev–Trinajstić information content (AvgIpc) is 3.20. The molecule has 0 spiro atoms. The van der Waals surface area contributed by atoms with E-state index >= 15 is 0 Å². The van der Waals surface area contributed by atoms with Crippen LogP contribution in [-0.2, 0) is 4.79 Å². The van der Waals surface area contributed by atoms with Crippen LogP contribution in [0.15, 0.2) is 66.2 Å². The first-order chi connectivity index (χ1) is 13.8. The van der Waals surface area contributed by atoms with Crippen molar-refractivity contribution in [2.45, 2.75) is 32.1 Å². The second-order valence-corrected chi connectivity index (χ2v) is 7.02. The van der Waals surface area contributed by atoms with Crippen LogP contribution in [0.25, 0.3) is 16.9 Å². The molecule has 0 bridgehead atoms. The third-order valence-corrected chi connectivity index (χ3v) is 5.07. The lowest BCUT2D eigenvalue weighted by atomic mass is 9.89. The van der Waals surface area contributed by atoms with Gasteiger partial charge in [0.1, 0.15) is 5.69 Å². The molecule has 28 heavy (non-hydrogen) atoms. The minimum absolute atomic E-state index is 0.0110. The maximum absolute atomic E-state index is 12.3. The number of hydrogen-bond donors (Lipinski definition) is 1. The van der Waals surface area contributed by atoms with Gasteiger partial charge in [0.25, 0.3) is 0 Å². The fraction of sp³-hybridized carbons (Fsp3) is 0.273. The molecule has 3 aromatic rings. The number of rotatable bonds is 5. The van der Waals surface area contributed by atoms with Gasteiger partial charge >= 0.3 is 0 Å². The summed E-state index contributed by atoms with van der Waals surface area (Å²) in [5, 5.41) is 8.94. The highest BCUT2D eigenvalue weighted by molar-refractivity contribution is 5.89. The van der Waals surface area contributed by atoms with Crippen LogP contribution in [0.1, 0.15) is 37.7 Å². The fourth-order valence-corrected chi connectivity index (χ4v) is 3.55. The summed E-state index contributed by atoms with van der Waals surface area (Å²) < 4.78 is 1.82. The lowest BCUT2D eigenvalue weighted by Gasteiger charge is -2.19. The molecular weight excluding hydrogens is 350 g/mol. The van der Waals surface area contributed by atoms with Gasteiger partial charge in [0.05, 0.1) is 11.9 Å². The molecule has 142 valence electrons. The van der Waals surface area contributed by atoms with Crippen LogP contribution in [0.4, 0.5) is 0 Å². The predicted octanol–water partition coefficient (Wildman–Crippen LogP) is 3.96. The summed E-state index contributed by atoms with van der Waals surface area (Å²) >= 11 is 0. The van der Waals surface area contributed by atoms with Crippen LogP contribution in [0.2, 0.25) is 0 Å². The first kappa shape index (κ1) is 18.1. The van der Waals surface area contributed by atoms with Gasteiger partial charge < -0.3 is 0 Å². The number of carbonyl (C=O) groups is 1. The van der Waals surface area contributed by atoms with Gasteiger partial charge in [0.2, 0.25) is 5.91 Å². The van der Waals surface area contributed by atoms with E-state index in [2.05, 4.69) is 15.5 Å². The molecule has 0 unspecified atom stereocenters. The minimum atomic E-state index is 0.0110. The summed E-state index contributed by atoms with van der Waals surface area (Å²) in [4.78, 5) is 16.4. The molecule has 6 nitrogen and oxygen atoms in total. The summed E-state index contributed by atoms with van der Waals surface area (Å²) in [5.74, 6) is 0.0921. The monoisotopic (exact) mass is 373 g/mol. The van der Waals surface area contributed by atoms with Crippen molar-refractivity contribution >= 4 is 12.1 Å². The maximum Gasteiger partial charge on any atom is 0.243 e. The maximum atomic E-state index is 12.3. The zero-order chi connectivity index (χ0) is 19.2. The van der Waals surface area contributed by atoms with E-state index in [0.717, 1.165) is 48.2 Å². The molecule has 0 aliphatic heterocycles. The molecule has 0 saturated heterocycles. The summed E-state index contributed by atoms with van der Waals surface area (Å²) in [6.45, 7) is 0. The molecule has 1 saturated carbocycles. The Morgan fingerprint density at radius 2 is 1.82 bits per heavy atom. The summed E-state index contributed by atoms with van der Waals surface area (Å²) in [6.07, 6.45) is 12.4.